The van der Waals surface area contributed by atoms with Crippen molar-refractivity contribution in [1.29, 1.82) is 0 Å². The molecule has 1 aromatic heterocycles. The van der Waals surface area contributed by atoms with E-state index < -0.39 is 5.91 Å². The average molecular weight is 532 g/mol. The summed E-state index contributed by atoms with van der Waals surface area (Å²) in [5, 5.41) is 4.66. The number of carbonyl (C=O) groups is 3. The van der Waals surface area contributed by atoms with Crippen LogP contribution in [0.4, 0.5) is 5.69 Å². The molecule has 6 rings (SSSR count). The lowest BCUT2D eigenvalue weighted by molar-refractivity contribution is 0.0664. The number of primary amides is 1. The highest BCUT2D eigenvalue weighted by atomic mass is 16.2. The predicted molar refractivity (Wildman–Crippen MR) is 158 cm³/mol. The molecule has 8 heteroatoms. The van der Waals surface area contributed by atoms with Gasteiger partial charge in [0.05, 0.1) is 11.1 Å². The Labute approximate surface area is 231 Å². The maximum Gasteiger partial charge on any atom is 0.255 e. The van der Waals surface area contributed by atoms with Crippen LogP contribution < -0.4 is 11.1 Å². The molecule has 0 bridgehead atoms. The van der Waals surface area contributed by atoms with Crippen molar-refractivity contribution in [3.63, 3.8) is 0 Å². The first-order chi connectivity index (χ1) is 19.4. The third-order valence-corrected chi connectivity index (χ3v) is 7.52. The Morgan fingerprint density at radius 3 is 2.20 bits per heavy atom. The Bertz CT molecular complexity index is 1750. The van der Waals surface area contributed by atoms with Gasteiger partial charge in [-0.3, -0.25) is 14.4 Å². The minimum atomic E-state index is -0.543. The summed E-state index contributed by atoms with van der Waals surface area (Å²) < 4.78 is 0. The molecule has 3 amide bonds. The van der Waals surface area contributed by atoms with Crippen LogP contribution in [0.15, 0.2) is 84.9 Å². The highest BCUT2D eigenvalue weighted by Crippen LogP contribution is 2.34. The van der Waals surface area contributed by atoms with Gasteiger partial charge in [-0.15, -0.1) is 0 Å². The van der Waals surface area contributed by atoms with Gasteiger partial charge in [-0.2, -0.15) is 0 Å². The molecular weight excluding hydrogens is 502 g/mol. The van der Waals surface area contributed by atoms with E-state index in [2.05, 4.69) is 22.2 Å². The molecule has 0 atom stereocenters. The van der Waals surface area contributed by atoms with Gasteiger partial charge in [0, 0.05) is 59.3 Å². The zero-order valence-corrected chi connectivity index (χ0v) is 22.1. The molecule has 200 valence electrons. The number of nitrogens with one attached hydrogen (secondary N) is 2. The summed E-state index contributed by atoms with van der Waals surface area (Å²) in [6.45, 7) is 3.10. The first kappa shape index (κ1) is 25.3. The van der Waals surface area contributed by atoms with E-state index in [0.29, 0.717) is 41.0 Å². The first-order valence-electron chi connectivity index (χ1n) is 13.2. The predicted octanol–water partition coefficient (Wildman–Crippen LogP) is 4.73. The van der Waals surface area contributed by atoms with Gasteiger partial charge in [0.25, 0.3) is 17.7 Å². The van der Waals surface area contributed by atoms with Gasteiger partial charge < -0.3 is 25.8 Å². The van der Waals surface area contributed by atoms with Gasteiger partial charge >= 0.3 is 0 Å². The second-order valence-electron chi connectivity index (χ2n) is 10.2. The number of anilines is 1. The number of aromatic nitrogens is 1. The number of likely N-dealkylation sites (N-methyl/N-ethyl adjacent to an activating group) is 1. The van der Waals surface area contributed by atoms with Crippen molar-refractivity contribution < 1.29 is 14.4 Å². The SMILES string of the molecule is CN1CCN(C(=O)c2ccc3c(c2)[nH]c2c(C(N)=O)cc(-c4ccc(NC(=O)c5ccccc5)cc4)cc23)CC1. The molecule has 0 aliphatic carbocycles. The second-order valence-corrected chi connectivity index (χ2v) is 10.2. The average Bonchev–Trinajstić information content (AvgIpc) is 3.35. The highest BCUT2D eigenvalue weighted by molar-refractivity contribution is 6.17. The molecular formula is C32H29N5O3. The maximum absolute atomic E-state index is 13.1. The van der Waals surface area contributed by atoms with Crippen LogP contribution in [0.5, 0.6) is 0 Å². The van der Waals surface area contributed by atoms with Crippen LogP contribution in [0.2, 0.25) is 0 Å². The second kappa shape index (κ2) is 10.3. The van der Waals surface area contributed by atoms with E-state index in [1.54, 1.807) is 18.2 Å². The maximum atomic E-state index is 13.1. The number of H-pyrrole nitrogens is 1. The van der Waals surface area contributed by atoms with Crippen LogP contribution in [0.25, 0.3) is 32.9 Å². The lowest BCUT2D eigenvalue weighted by Crippen LogP contribution is -2.47. The van der Waals surface area contributed by atoms with E-state index in [4.69, 9.17) is 5.73 Å². The van der Waals surface area contributed by atoms with E-state index in [0.717, 1.165) is 40.5 Å². The third-order valence-electron chi connectivity index (χ3n) is 7.52. The molecule has 1 aliphatic rings. The van der Waals surface area contributed by atoms with Gasteiger partial charge in [0.1, 0.15) is 0 Å². The van der Waals surface area contributed by atoms with Gasteiger partial charge in [-0.05, 0) is 66.7 Å². The Kier molecular flexibility index (Phi) is 6.53. The van der Waals surface area contributed by atoms with E-state index in [9.17, 15) is 14.4 Å². The molecule has 4 aromatic carbocycles. The number of piperazine rings is 1. The fraction of sp³-hybridized carbons (Fsp3) is 0.156. The molecule has 0 spiro atoms. The van der Waals surface area contributed by atoms with Crippen molar-refractivity contribution in [3.05, 3.63) is 102 Å². The first-order valence-corrected chi connectivity index (χ1v) is 13.2. The van der Waals surface area contributed by atoms with Gasteiger partial charge in [-0.1, -0.05) is 36.4 Å². The summed E-state index contributed by atoms with van der Waals surface area (Å²) in [5.41, 5.74) is 11.1. The van der Waals surface area contributed by atoms with Crippen LogP contribution in [-0.4, -0.2) is 65.7 Å². The van der Waals surface area contributed by atoms with Crippen molar-refractivity contribution in [3.8, 4) is 11.1 Å². The number of carbonyl (C=O) groups excluding carboxylic acids is 3. The Hall–Kier alpha value is -4.95. The van der Waals surface area contributed by atoms with E-state index >= 15 is 0 Å². The molecule has 1 saturated heterocycles. The molecule has 0 unspecified atom stereocenters. The molecule has 1 aliphatic heterocycles. The smallest absolute Gasteiger partial charge is 0.255 e. The van der Waals surface area contributed by atoms with Crippen molar-refractivity contribution in [2.75, 3.05) is 38.5 Å². The Morgan fingerprint density at radius 1 is 0.775 bits per heavy atom. The van der Waals surface area contributed by atoms with Crippen molar-refractivity contribution in [2.24, 2.45) is 5.73 Å². The standard InChI is InChI=1S/C32H29N5O3/c1-36-13-15-37(16-14-36)32(40)22-9-12-25-26-17-23(18-27(30(33)38)29(26)35-28(25)19-22)20-7-10-24(11-8-20)34-31(39)21-5-3-2-4-6-21/h2-12,17-19,35H,13-16H2,1H3,(H2,33,38)(H,34,39). The molecule has 0 radical (unpaired) electrons. The van der Waals surface area contributed by atoms with Crippen molar-refractivity contribution >= 4 is 45.2 Å². The lowest BCUT2D eigenvalue weighted by atomic mass is 9.98. The molecule has 1 fully saturated rings. The number of aromatic amines is 1. The number of amides is 3. The highest BCUT2D eigenvalue weighted by Gasteiger charge is 2.22. The van der Waals surface area contributed by atoms with Crippen LogP contribution in [0, 0.1) is 0 Å². The van der Waals surface area contributed by atoms with Crippen molar-refractivity contribution in [2.45, 2.75) is 0 Å². The Balaban J connectivity index is 1.32. The number of benzene rings is 4. The van der Waals surface area contributed by atoms with Gasteiger partial charge in [0.2, 0.25) is 0 Å². The van der Waals surface area contributed by atoms with Gasteiger partial charge in [0.15, 0.2) is 0 Å². The molecule has 8 nitrogen and oxygen atoms in total. The summed E-state index contributed by atoms with van der Waals surface area (Å²) >= 11 is 0. The lowest BCUT2D eigenvalue weighted by Gasteiger charge is -2.32. The van der Waals surface area contributed by atoms with E-state index in [1.165, 1.54) is 0 Å². The fourth-order valence-corrected chi connectivity index (χ4v) is 5.23. The molecule has 0 saturated carbocycles. The molecule has 2 heterocycles. The number of nitrogens with two attached hydrogens (primary N) is 1. The van der Waals surface area contributed by atoms with Gasteiger partial charge in [-0.25, -0.2) is 0 Å². The summed E-state index contributed by atoms with van der Waals surface area (Å²) in [6, 6.07) is 25.9. The summed E-state index contributed by atoms with van der Waals surface area (Å²) in [4.78, 5) is 45.6. The number of rotatable bonds is 5. The van der Waals surface area contributed by atoms with Crippen LogP contribution in [-0.2, 0) is 0 Å². The summed E-state index contributed by atoms with van der Waals surface area (Å²) in [5.74, 6) is -0.724. The third kappa shape index (κ3) is 4.81. The summed E-state index contributed by atoms with van der Waals surface area (Å²) in [7, 11) is 2.06. The molecule has 4 N–H and O–H groups in total. The fourth-order valence-electron chi connectivity index (χ4n) is 5.23. The van der Waals surface area contributed by atoms with E-state index in [-0.39, 0.29) is 11.8 Å². The minimum Gasteiger partial charge on any atom is -0.366 e. The monoisotopic (exact) mass is 531 g/mol. The van der Waals surface area contributed by atoms with Crippen LogP contribution >= 0.6 is 0 Å². The number of nitrogens with zero attached hydrogens (tertiary/aromatic N) is 2. The van der Waals surface area contributed by atoms with E-state index in [1.807, 2.05) is 71.6 Å². The van der Waals surface area contributed by atoms with Crippen LogP contribution in [0.3, 0.4) is 0 Å². The number of hydrogen-bond acceptors (Lipinski definition) is 4. The zero-order chi connectivity index (χ0) is 27.8. The number of hydrogen-bond donors (Lipinski definition) is 3. The molecule has 5 aromatic rings. The quantitative estimate of drug-likeness (QED) is 0.305. The molecule has 40 heavy (non-hydrogen) atoms. The Morgan fingerprint density at radius 2 is 1.50 bits per heavy atom. The largest absolute Gasteiger partial charge is 0.366 e. The van der Waals surface area contributed by atoms with Crippen molar-refractivity contribution in [1.82, 2.24) is 14.8 Å². The minimum absolute atomic E-state index is 0.00363. The zero-order valence-electron chi connectivity index (χ0n) is 22.1. The summed E-state index contributed by atoms with van der Waals surface area (Å²) in [6.07, 6.45) is 0. The topological polar surface area (TPSA) is 112 Å². The number of fused-ring (bicyclic) bond motifs is 3. The van der Waals surface area contributed by atoms with Crippen LogP contribution in [0.1, 0.15) is 31.1 Å². The normalized spacial score (nSPS) is 14.0.